The number of halogens is 2. The van der Waals surface area contributed by atoms with Gasteiger partial charge in [0.15, 0.2) is 0 Å². The molecule has 1 unspecified atom stereocenters. The quantitative estimate of drug-likeness (QED) is 0.784. The first-order valence-corrected chi connectivity index (χ1v) is 7.81. The molecule has 0 fully saturated rings. The highest BCUT2D eigenvalue weighted by Gasteiger charge is 2.36. The van der Waals surface area contributed by atoms with Gasteiger partial charge in [-0.25, -0.2) is 4.39 Å². The Labute approximate surface area is 142 Å². The zero-order chi connectivity index (χ0) is 17.0. The Morgan fingerprint density at radius 1 is 1.30 bits per heavy atom. The van der Waals surface area contributed by atoms with Crippen LogP contribution in [0.3, 0.4) is 0 Å². The van der Waals surface area contributed by atoms with E-state index in [4.69, 9.17) is 5.73 Å². The largest absolute Gasteiger partial charge is 0.395 e. The summed E-state index contributed by atoms with van der Waals surface area (Å²) < 4.78 is 15.0. The lowest BCUT2D eigenvalue weighted by molar-refractivity contribution is -0.115. The minimum Gasteiger partial charge on any atom is -0.395 e. The van der Waals surface area contributed by atoms with E-state index in [1.54, 1.807) is 37.3 Å². The third-order valence-corrected chi connectivity index (χ3v) is 4.30. The molecule has 2 rings (SSSR count). The number of primary amides is 1. The number of rotatable bonds is 5. The Morgan fingerprint density at radius 3 is 2.52 bits per heavy atom. The molecule has 1 atom stereocenters. The van der Waals surface area contributed by atoms with Crippen LogP contribution in [0.5, 0.6) is 0 Å². The monoisotopic (exact) mass is 377 g/mol. The predicted molar refractivity (Wildman–Crippen MR) is 92.2 cm³/mol. The van der Waals surface area contributed by atoms with Crippen LogP contribution in [-0.4, -0.2) is 17.6 Å². The summed E-state index contributed by atoms with van der Waals surface area (Å²) in [7, 11) is 0. The van der Waals surface area contributed by atoms with E-state index in [9.17, 15) is 14.3 Å². The molecule has 120 valence electrons. The molecule has 3 N–H and O–H groups in total. The molecular formula is C18H17BrFNO2. The zero-order valence-corrected chi connectivity index (χ0v) is 14.2. The third-order valence-electron chi connectivity index (χ3n) is 3.81. The molecule has 0 aromatic heterocycles. The van der Waals surface area contributed by atoms with Crippen molar-refractivity contribution in [3.8, 4) is 0 Å². The van der Waals surface area contributed by atoms with Gasteiger partial charge in [-0.3, -0.25) is 4.79 Å². The maximum absolute atomic E-state index is 14.3. The number of amides is 1. The maximum Gasteiger partial charge on any atom is 0.245 e. The van der Waals surface area contributed by atoms with Gasteiger partial charge in [0.1, 0.15) is 5.82 Å². The molecular weight excluding hydrogens is 361 g/mol. The van der Waals surface area contributed by atoms with Crippen LogP contribution in [0.4, 0.5) is 4.39 Å². The van der Waals surface area contributed by atoms with Crippen molar-refractivity contribution in [3.05, 3.63) is 75.5 Å². The molecule has 1 amide bonds. The molecule has 0 saturated carbocycles. The maximum atomic E-state index is 14.3. The normalized spacial score (nSPS) is 14.3. The van der Waals surface area contributed by atoms with Crippen molar-refractivity contribution in [1.82, 2.24) is 0 Å². The average Bonchev–Trinajstić information content (AvgIpc) is 2.55. The highest BCUT2D eigenvalue weighted by atomic mass is 79.9. The average molecular weight is 378 g/mol. The molecule has 0 radical (unpaired) electrons. The summed E-state index contributed by atoms with van der Waals surface area (Å²) in [5, 5.41) is 9.92. The zero-order valence-electron chi connectivity index (χ0n) is 12.6. The highest BCUT2D eigenvalue weighted by molar-refractivity contribution is 9.10. The first-order valence-electron chi connectivity index (χ1n) is 7.02. The molecule has 0 aliphatic heterocycles. The first-order chi connectivity index (χ1) is 10.9. The summed E-state index contributed by atoms with van der Waals surface area (Å²) in [6.07, 6.45) is 1.58. The number of hydrogen-bond donors (Lipinski definition) is 2. The summed E-state index contributed by atoms with van der Waals surface area (Å²) in [6, 6.07) is 13.5. The number of aliphatic hydroxyl groups excluding tert-OH is 1. The number of nitrogens with two attached hydrogens (primary N) is 1. The number of hydrogen-bond acceptors (Lipinski definition) is 2. The Bertz CT molecular complexity index is 746. The van der Waals surface area contributed by atoms with Crippen molar-refractivity contribution < 1.29 is 14.3 Å². The van der Waals surface area contributed by atoms with Crippen LogP contribution >= 0.6 is 15.9 Å². The standard InChI is InChI=1S/C18H17BrFNO2/c1-18(11-22,14-10-13(19)7-8-16(14)20)15(17(21)23)9-12-5-3-2-4-6-12/h2-10,22H,11H2,1H3,(H2,21,23). The molecule has 0 saturated heterocycles. The van der Waals surface area contributed by atoms with E-state index in [0.717, 1.165) is 5.56 Å². The van der Waals surface area contributed by atoms with Gasteiger partial charge in [0.05, 0.1) is 6.61 Å². The van der Waals surface area contributed by atoms with E-state index >= 15 is 0 Å². The summed E-state index contributed by atoms with van der Waals surface area (Å²) in [5.41, 5.74) is 5.36. The van der Waals surface area contributed by atoms with Gasteiger partial charge >= 0.3 is 0 Å². The van der Waals surface area contributed by atoms with Crippen LogP contribution < -0.4 is 5.73 Å². The predicted octanol–water partition coefficient (Wildman–Crippen LogP) is 3.41. The van der Waals surface area contributed by atoms with Crippen molar-refractivity contribution in [2.24, 2.45) is 5.73 Å². The lowest BCUT2D eigenvalue weighted by Crippen LogP contribution is -2.37. The fourth-order valence-corrected chi connectivity index (χ4v) is 2.82. The van der Waals surface area contributed by atoms with Crippen LogP contribution in [0.25, 0.3) is 6.08 Å². The van der Waals surface area contributed by atoms with Crippen molar-refractivity contribution >= 4 is 27.9 Å². The third kappa shape index (κ3) is 3.68. The number of carbonyl (C=O) groups excluding carboxylic acids is 1. The Balaban J connectivity index is 2.65. The number of benzene rings is 2. The Kier molecular flexibility index (Phi) is 5.34. The second kappa shape index (κ2) is 7.06. The molecule has 0 bridgehead atoms. The van der Waals surface area contributed by atoms with Crippen molar-refractivity contribution in [1.29, 1.82) is 0 Å². The Morgan fingerprint density at radius 2 is 1.96 bits per heavy atom. The highest BCUT2D eigenvalue weighted by Crippen LogP contribution is 2.35. The second-order valence-electron chi connectivity index (χ2n) is 5.45. The Hall–Kier alpha value is -1.98. The van der Waals surface area contributed by atoms with Crippen LogP contribution in [0, 0.1) is 5.82 Å². The van der Waals surface area contributed by atoms with E-state index in [2.05, 4.69) is 15.9 Å². The summed E-state index contributed by atoms with van der Waals surface area (Å²) >= 11 is 3.29. The molecule has 0 aliphatic carbocycles. The van der Waals surface area contributed by atoms with Gasteiger partial charge in [-0.2, -0.15) is 0 Å². The smallest absolute Gasteiger partial charge is 0.245 e. The molecule has 0 aliphatic rings. The van der Waals surface area contributed by atoms with Gasteiger partial charge in [-0.1, -0.05) is 46.3 Å². The van der Waals surface area contributed by atoms with Crippen LogP contribution in [0.2, 0.25) is 0 Å². The molecule has 0 spiro atoms. The molecule has 0 heterocycles. The topological polar surface area (TPSA) is 63.3 Å². The van der Waals surface area contributed by atoms with Gasteiger partial charge < -0.3 is 10.8 Å². The van der Waals surface area contributed by atoms with E-state index in [1.807, 2.05) is 18.2 Å². The lowest BCUT2D eigenvalue weighted by Gasteiger charge is -2.30. The fourth-order valence-electron chi connectivity index (χ4n) is 2.45. The van der Waals surface area contributed by atoms with E-state index in [1.165, 1.54) is 6.07 Å². The van der Waals surface area contributed by atoms with Gasteiger partial charge in [0.25, 0.3) is 0 Å². The summed E-state index contributed by atoms with van der Waals surface area (Å²) in [5.74, 6) is -1.21. The summed E-state index contributed by atoms with van der Waals surface area (Å²) in [4.78, 5) is 12.0. The molecule has 3 nitrogen and oxygen atoms in total. The van der Waals surface area contributed by atoms with Crippen LogP contribution in [0.1, 0.15) is 18.1 Å². The van der Waals surface area contributed by atoms with E-state index in [-0.39, 0.29) is 11.1 Å². The van der Waals surface area contributed by atoms with Gasteiger partial charge in [-0.05, 0) is 36.8 Å². The van der Waals surface area contributed by atoms with Crippen molar-refractivity contribution in [3.63, 3.8) is 0 Å². The van der Waals surface area contributed by atoms with E-state index in [0.29, 0.717) is 4.47 Å². The fraction of sp³-hybridized carbons (Fsp3) is 0.167. The molecule has 5 heteroatoms. The van der Waals surface area contributed by atoms with Gasteiger partial charge in [0, 0.05) is 21.0 Å². The van der Waals surface area contributed by atoms with E-state index < -0.39 is 23.7 Å². The minimum atomic E-state index is -1.25. The first kappa shape index (κ1) is 17.4. The lowest BCUT2D eigenvalue weighted by atomic mass is 9.75. The molecule has 2 aromatic carbocycles. The molecule has 23 heavy (non-hydrogen) atoms. The van der Waals surface area contributed by atoms with Crippen LogP contribution in [0.15, 0.2) is 58.6 Å². The SMILES string of the molecule is CC(CO)(C(=Cc1ccccc1)C(N)=O)c1cc(Br)ccc1F. The number of aliphatic hydroxyl groups is 1. The summed E-state index contributed by atoms with van der Waals surface area (Å²) in [6.45, 7) is 1.14. The van der Waals surface area contributed by atoms with Gasteiger partial charge in [0.2, 0.25) is 5.91 Å². The van der Waals surface area contributed by atoms with Crippen molar-refractivity contribution in [2.45, 2.75) is 12.3 Å². The van der Waals surface area contributed by atoms with Crippen molar-refractivity contribution in [2.75, 3.05) is 6.61 Å². The van der Waals surface area contributed by atoms with Crippen LogP contribution in [-0.2, 0) is 10.2 Å². The molecule has 2 aromatic rings. The minimum absolute atomic E-state index is 0.142. The number of carbonyl (C=O) groups is 1. The second-order valence-corrected chi connectivity index (χ2v) is 6.36. The van der Waals surface area contributed by atoms with Gasteiger partial charge in [-0.15, -0.1) is 0 Å².